The van der Waals surface area contributed by atoms with Gasteiger partial charge in [-0.2, -0.15) is 0 Å². The Labute approximate surface area is 75.3 Å². The Bertz CT molecular complexity index is 127. The van der Waals surface area contributed by atoms with Gasteiger partial charge in [-0.25, -0.2) is 0 Å². The summed E-state index contributed by atoms with van der Waals surface area (Å²) in [6, 6.07) is 2.67. The first kappa shape index (κ1) is 9.96. The molecule has 0 aliphatic heterocycles. The molecule has 3 heteroatoms. The summed E-state index contributed by atoms with van der Waals surface area (Å²) in [6.07, 6.45) is 3.64. The number of hydrogen-bond donors (Lipinski definition) is 3. The van der Waals surface area contributed by atoms with Gasteiger partial charge in [-0.3, -0.25) is 0 Å². The minimum atomic E-state index is 0.543. The van der Waals surface area contributed by atoms with Gasteiger partial charge >= 0.3 is 0 Å². The molecule has 0 heterocycles. The molecule has 0 saturated heterocycles. The zero-order valence-electron chi connectivity index (χ0n) is 8.28. The fraction of sp³-hybridized carbons (Fsp3) is 0.889. The van der Waals surface area contributed by atoms with Gasteiger partial charge in [0.25, 0.3) is 0 Å². The van der Waals surface area contributed by atoms with Crippen molar-refractivity contribution in [2.75, 3.05) is 21.1 Å². The van der Waals surface area contributed by atoms with Gasteiger partial charge in [-0.1, -0.05) is 0 Å². The molecule has 2 unspecified atom stereocenters. The first-order chi connectivity index (χ1) is 5.81. The predicted molar refractivity (Wildman–Crippen MR) is 51.8 cm³/mol. The summed E-state index contributed by atoms with van der Waals surface area (Å²) in [5.74, 6) is 0. The highest BCUT2D eigenvalue weighted by Gasteiger charge is 2.27. The molecule has 3 N–H and O–H groups in total. The molecule has 3 nitrogen and oxygen atoms in total. The molecule has 0 aromatic heterocycles. The van der Waals surface area contributed by atoms with Crippen LogP contribution in [0.5, 0.6) is 0 Å². The van der Waals surface area contributed by atoms with Gasteiger partial charge < -0.3 is 16.0 Å². The molecule has 0 spiro atoms. The van der Waals surface area contributed by atoms with E-state index in [0.717, 1.165) is 0 Å². The van der Waals surface area contributed by atoms with E-state index in [1.165, 1.54) is 25.3 Å². The molecule has 1 aliphatic carbocycles. The van der Waals surface area contributed by atoms with Gasteiger partial charge in [0.05, 0.1) is 6.04 Å². The highest BCUT2D eigenvalue weighted by molar-refractivity contribution is 5.03. The minimum Gasteiger partial charge on any atom is -0.317 e. The minimum absolute atomic E-state index is 0.543. The number of nitrogens with one attached hydrogen (secondary N) is 3. The van der Waals surface area contributed by atoms with Crippen molar-refractivity contribution >= 4 is 0 Å². The molecule has 1 saturated carbocycles. The van der Waals surface area contributed by atoms with Crippen molar-refractivity contribution in [3.05, 3.63) is 6.04 Å². The van der Waals surface area contributed by atoms with Gasteiger partial charge in [0.2, 0.25) is 0 Å². The maximum absolute atomic E-state index is 3.33. The number of hydrogen-bond acceptors (Lipinski definition) is 3. The van der Waals surface area contributed by atoms with Crippen molar-refractivity contribution in [3.8, 4) is 0 Å². The van der Waals surface area contributed by atoms with E-state index in [2.05, 4.69) is 16.0 Å². The Morgan fingerprint density at radius 1 is 1.17 bits per heavy atom. The molecule has 1 aliphatic rings. The highest BCUT2D eigenvalue weighted by atomic mass is 15.0. The Hall–Kier alpha value is -0.120. The lowest BCUT2D eigenvalue weighted by Crippen LogP contribution is -2.47. The SMILES string of the molecule is CN[C]1CCC(NC)CC1NC. The van der Waals surface area contributed by atoms with Crippen molar-refractivity contribution in [2.45, 2.75) is 31.3 Å². The smallest absolute Gasteiger partial charge is 0.0533 e. The van der Waals surface area contributed by atoms with Gasteiger partial charge in [-0.15, -0.1) is 0 Å². The molecule has 0 aromatic carbocycles. The highest BCUT2D eigenvalue weighted by Crippen LogP contribution is 2.23. The number of likely N-dealkylation sites (N-methyl/N-ethyl adjacent to an activating group) is 2. The van der Waals surface area contributed by atoms with Crippen LogP contribution in [0.25, 0.3) is 0 Å². The van der Waals surface area contributed by atoms with E-state index in [9.17, 15) is 0 Å². The van der Waals surface area contributed by atoms with Gasteiger partial charge in [-0.05, 0) is 40.4 Å². The molecule has 1 rings (SSSR count). The van der Waals surface area contributed by atoms with Crippen LogP contribution in [-0.4, -0.2) is 33.2 Å². The fourth-order valence-electron chi connectivity index (χ4n) is 1.90. The summed E-state index contributed by atoms with van der Waals surface area (Å²) < 4.78 is 0. The maximum Gasteiger partial charge on any atom is 0.0533 e. The first-order valence-electron chi connectivity index (χ1n) is 4.69. The van der Waals surface area contributed by atoms with E-state index < -0.39 is 0 Å². The maximum atomic E-state index is 3.33. The molecule has 0 aromatic rings. The van der Waals surface area contributed by atoms with Crippen molar-refractivity contribution < 1.29 is 0 Å². The van der Waals surface area contributed by atoms with E-state index >= 15 is 0 Å². The van der Waals surface area contributed by atoms with E-state index in [4.69, 9.17) is 0 Å². The third-order valence-electron chi connectivity index (χ3n) is 2.78. The lowest BCUT2D eigenvalue weighted by atomic mass is 9.87. The summed E-state index contributed by atoms with van der Waals surface area (Å²) in [5, 5.41) is 9.94. The Kier molecular flexibility index (Phi) is 3.98. The monoisotopic (exact) mass is 170 g/mol. The molecular weight excluding hydrogens is 150 g/mol. The number of rotatable bonds is 3. The van der Waals surface area contributed by atoms with E-state index in [0.29, 0.717) is 12.1 Å². The zero-order chi connectivity index (χ0) is 8.97. The predicted octanol–water partition coefficient (Wildman–Crippen LogP) is 0.0977. The fourth-order valence-corrected chi connectivity index (χ4v) is 1.90. The quantitative estimate of drug-likeness (QED) is 0.562. The summed E-state index contributed by atoms with van der Waals surface area (Å²) in [6.45, 7) is 0. The van der Waals surface area contributed by atoms with Crippen LogP contribution in [0.2, 0.25) is 0 Å². The molecule has 1 radical (unpaired) electrons. The first-order valence-corrected chi connectivity index (χ1v) is 4.69. The Morgan fingerprint density at radius 3 is 2.42 bits per heavy atom. The van der Waals surface area contributed by atoms with Crippen LogP contribution >= 0.6 is 0 Å². The third kappa shape index (κ3) is 2.19. The second-order valence-corrected chi connectivity index (χ2v) is 3.38. The summed E-state index contributed by atoms with van der Waals surface area (Å²) in [5.41, 5.74) is 0. The average molecular weight is 170 g/mol. The van der Waals surface area contributed by atoms with Gasteiger partial charge in [0.15, 0.2) is 0 Å². The van der Waals surface area contributed by atoms with E-state index in [1.54, 1.807) is 0 Å². The van der Waals surface area contributed by atoms with Gasteiger partial charge in [0, 0.05) is 12.1 Å². The van der Waals surface area contributed by atoms with Crippen LogP contribution < -0.4 is 16.0 Å². The molecule has 0 bridgehead atoms. The summed E-state index contributed by atoms with van der Waals surface area (Å²) in [7, 11) is 6.08. The normalized spacial score (nSPS) is 32.2. The average Bonchev–Trinajstić information content (AvgIpc) is 2.16. The van der Waals surface area contributed by atoms with E-state index in [1.807, 2.05) is 21.1 Å². The second-order valence-electron chi connectivity index (χ2n) is 3.38. The third-order valence-corrected chi connectivity index (χ3v) is 2.78. The van der Waals surface area contributed by atoms with Crippen molar-refractivity contribution in [2.24, 2.45) is 0 Å². The van der Waals surface area contributed by atoms with Crippen LogP contribution in [0.3, 0.4) is 0 Å². The van der Waals surface area contributed by atoms with Crippen LogP contribution in [0.1, 0.15) is 19.3 Å². The Balaban J connectivity index is 2.41. The lowest BCUT2D eigenvalue weighted by molar-refractivity contribution is 0.330. The molecule has 0 amide bonds. The van der Waals surface area contributed by atoms with E-state index in [-0.39, 0.29) is 0 Å². The topological polar surface area (TPSA) is 36.1 Å². The molecule has 2 atom stereocenters. The van der Waals surface area contributed by atoms with Crippen molar-refractivity contribution in [3.63, 3.8) is 0 Å². The molecule has 71 valence electrons. The largest absolute Gasteiger partial charge is 0.317 e. The van der Waals surface area contributed by atoms with Crippen molar-refractivity contribution in [1.82, 2.24) is 16.0 Å². The molecular formula is C9H20N3. The van der Waals surface area contributed by atoms with Crippen molar-refractivity contribution in [1.29, 1.82) is 0 Å². The molecule has 1 fully saturated rings. The second kappa shape index (κ2) is 4.80. The van der Waals surface area contributed by atoms with Crippen LogP contribution in [0.4, 0.5) is 0 Å². The van der Waals surface area contributed by atoms with Gasteiger partial charge in [0.1, 0.15) is 0 Å². The summed E-state index contributed by atoms with van der Waals surface area (Å²) >= 11 is 0. The van der Waals surface area contributed by atoms with Crippen LogP contribution in [0, 0.1) is 6.04 Å². The standard InChI is InChI=1S/C9H20N3/c1-10-7-4-5-8(11-2)9(6-7)12-3/h7,9-12H,4-6H2,1-3H3. The zero-order valence-corrected chi connectivity index (χ0v) is 8.28. The Morgan fingerprint density at radius 2 is 1.92 bits per heavy atom. The molecule has 12 heavy (non-hydrogen) atoms. The van der Waals surface area contributed by atoms with Crippen LogP contribution in [0.15, 0.2) is 0 Å². The lowest BCUT2D eigenvalue weighted by Gasteiger charge is -2.35. The van der Waals surface area contributed by atoms with Crippen LogP contribution in [-0.2, 0) is 0 Å². The summed E-state index contributed by atoms with van der Waals surface area (Å²) in [4.78, 5) is 0.